The molecular formula is C11H7BrO2. The first-order chi connectivity index (χ1) is 6.77. The largest absolute Gasteiger partial charge is 0.431 e. The van der Waals surface area contributed by atoms with Crippen molar-refractivity contribution in [3.8, 4) is 11.1 Å². The second kappa shape index (κ2) is 3.80. The highest BCUT2D eigenvalue weighted by molar-refractivity contribution is 9.10. The van der Waals surface area contributed by atoms with Crippen LogP contribution in [0.5, 0.6) is 0 Å². The Morgan fingerprint density at radius 2 is 1.79 bits per heavy atom. The third-order valence-corrected chi connectivity index (χ3v) is 2.42. The lowest BCUT2D eigenvalue weighted by Crippen LogP contribution is -2.00. The average Bonchev–Trinajstić information content (AvgIpc) is 2.20. The van der Waals surface area contributed by atoms with Gasteiger partial charge in [0.05, 0.1) is 11.8 Å². The zero-order valence-electron chi connectivity index (χ0n) is 7.24. The maximum Gasteiger partial charge on any atom is 0.343 e. The Bertz CT molecular complexity index is 485. The van der Waals surface area contributed by atoms with Gasteiger partial charge in [-0.2, -0.15) is 0 Å². The molecule has 2 aromatic rings. The second-order valence-corrected chi connectivity index (χ2v) is 3.74. The van der Waals surface area contributed by atoms with Crippen LogP contribution in [-0.4, -0.2) is 0 Å². The minimum atomic E-state index is -0.310. The van der Waals surface area contributed by atoms with E-state index in [1.807, 2.05) is 24.3 Å². The molecule has 14 heavy (non-hydrogen) atoms. The first kappa shape index (κ1) is 9.21. The minimum absolute atomic E-state index is 0.310. The molecule has 0 fully saturated rings. The van der Waals surface area contributed by atoms with Gasteiger partial charge in [-0.3, -0.25) is 0 Å². The summed E-state index contributed by atoms with van der Waals surface area (Å²) in [5.74, 6) is 0. The van der Waals surface area contributed by atoms with Gasteiger partial charge >= 0.3 is 5.63 Å². The third kappa shape index (κ3) is 1.77. The summed E-state index contributed by atoms with van der Waals surface area (Å²) >= 11 is 3.33. The van der Waals surface area contributed by atoms with Crippen LogP contribution in [0.25, 0.3) is 11.1 Å². The van der Waals surface area contributed by atoms with Gasteiger partial charge in [-0.05, 0) is 29.8 Å². The Hall–Kier alpha value is -1.35. The molecule has 0 spiro atoms. The number of halogens is 1. The summed E-state index contributed by atoms with van der Waals surface area (Å²) in [5, 5.41) is 0. The second-order valence-electron chi connectivity index (χ2n) is 2.82. The summed E-state index contributed by atoms with van der Waals surface area (Å²) < 4.78 is 5.76. The van der Waals surface area contributed by atoms with E-state index in [1.165, 1.54) is 6.26 Å². The predicted octanol–water partition coefficient (Wildman–Crippen LogP) is 3.07. The molecule has 0 radical (unpaired) electrons. The molecule has 1 heterocycles. The zero-order chi connectivity index (χ0) is 9.97. The van der Waals surface area contributed by atoms with Gasteiger partial charge < -0.3 is 4.42 Å². The topological polar surface area (TPSA) is 30.2 Å². The van der Waals surface area contributed by atoms with Gasteiger partial charge in [-0.25, -0.2) is 4.79 Å². The summed E-state index contributed by atoms with van der Waals surface area (Å²) in [6, 6.07) is 11.0. The number of hydrogen-bond acceptors (Lipinski definition) is 2. The van der Waals surface area contributed by atoms with Gasteiger partial charge in [0.2, 0.25) is 0 Å². The molecule has 0 saturated heterocycles. The number of benzene rings is 1. The highest BCUT2D eigenvalue weighted by atomic mass is 79.9. The highest BCUT2D eigenvalue weighted by Crippen LogP contribution is 2.18. The van der Waals surface area contributed by atoms with Crippen molar-refractivity contribution in [1.82, 2.24) is 0 Å². The van der Waals surface area contributed by atoms with Crippen molar-refractivity contribution in [3.05, 3.63) is 57.6 Å². The molecule has 0 N–H and O–H groups in total. The Morgan fingerprint density at radius 3 is 2.43 bits per heavy atom. The fourth-order valence-corrected chi connectivity index (χ4v) is 1.48. The lowest BCUT2D eigenvalue weighted by Gasteiger charge is -1.98. The molecule has 2 rings (SSSR count). The molecule has 0 saturated carbocycles. The van der Waals surface area contributed by atoms with Gasteiger partial charge in [0, 0.05) is 4.47 Å². The van der Waals surface area contributed by atoms with Crippen molar-refractivity contribution in [2.45, 2.75) is 0 Å². The van der Waals surface area contributed by atoms with Crippen LogP contribution in [0, 0.1) is 0 Å². The standard InChI is InChI=1S/C11H7BrO2/c12-9-5-3-8(4-6-9)10-2-1-7-14-11(10)13/h1-7H. The van der Waals surface area contributed by atoms with Crippen molar-refractivity contribution in [3.63, 3.8) is 0 Å². The van der Waals surface area contributed by atoms with Crippen LogP contribution in [0.3, 0.4) is 0 Å². The summed E-state index contributed by atoms with van der Waals surface area (Å²) in [6.45, 7) is 0. The Labute approximate surface area is 89.3 Å². The van der Waals surface area contributed by atoms with Crippen molar-refractivity contribution < 1.29 is 4.42 Å². The Morgan fingerprint density at radius 1 is 1.07 bits per heavy atom. The molecule has 2 nitrogen and oxygen atoms in total. The van der Waals surface area contributed by atoms with E-state index in [0.717, 1.165) is 10.0 Å². The smallest absolute Gasteiger partial charge is 0.343 e. The first-order valence-electron chi connectivity index (χ1n) is 4.11. The monoisotopic (exact) mass is 250 g/mol. The van der Waals surface area contributed by atoms with Gasteiger partial charge in [-0.1, -0.05) is 28.1 Å². The van der Waals surface area contributed by atoms with E-state index in [-0.39, 0.29) is 5.63 Å². The summed E-state index contributed by atoms with van der Waals surface area (Å²) in [7, 11) is 0. The normalized spacial score (nSPS) is 10.1. The molecule has 70 valence electrons. The van der Waals surface area contributed by atoms with Crippen LogP contribution in [0.2, 0.25) is 0 Å². The average molecular weight is 251 g/mol. The summed E-state index contributed by atoms with van der Waals surface area (Å²) in [6.07, 6.45) is 1.38. The van der Waals surface area contributed by atoms with Gasteiger partial charge in [0.25, 0.3) is 0 Å². The van der Waals surface area contributed by atoms with Crippen LogP contribution >= 0.6 is 15.9 Å². The lowest BCUT2D eigenvalue weighted by molar-refractivity contribution is 0.513. The first-order valence-corrected chi connectivity index (χ1v) is 4.90. The van der Waals surface area contributed by atoms with Crippen LogP contribution in [-0.2, 0) is 0 Å². The maximum absolute atomic E-state index is 11.3. The zero-order valence-corrected chi connectivity index (χ0v) is 8.82. The molecule has 0 aliphatic rings. The third-order valence-electron chi connectivity index (χ3n) is 1.89. The van der Waals surface area contributed by atoms with E-state index in [2.05, 4.69) is 15.9 Å². The van der Waals surface area contributed by atoms with Gasteiger partial charge in [0.1, 0.15) is 0 Å². The fraction of sp³-hybridized carbons (Fsp3) is 0. The van der Waals surface area contributed by atoms with Crippen LogP contribution in [0.4, 0.5) is 0 Å². The van der Waals surface area contributed by atoms with E-state index in [9.17, 15) is 4.79 Å². The Balaban J connectivity index is 2.56. The molecule has 0 unspecified atom stereocenters. The summed E-state index contributed by atoms with van der Waals surface area (Å²) in [5.41, 5.74) is 1.14. The molecule has 0 aliphatic carbocycles. The molecular weight excluding hydrogens is 244 g/mol. The van der Waals surface area contributed by atoms with E-state index >= 15 is 0 Å². The van der Waals surface area contributed by atoms with Crippen molar-refractivity contribution >= 4 is 15.9 Å². The summed E-state index contributed by atoms with van der Waals surface area (Å²) in [4.78, 5) is 11.3. The number of rotatable bonds is 1. The highest BCUT2D eigenvalue weighted by Gasteiger charge is 2.02. The number of hydrogen-bond donors (Lipinski definition) is 0. The predicted molar refractivity (Wildman–Crippen MR) is 58.1 cm³/mol. The van der Waals surface area contributed by atoms with Crippen molar-refractivity contribution in [2.75, 3.05) is 0 Å². The van der Waals surface area contributed by atoms with Crippen LogP contribution < -0.4 is 5.63 Å². The molecule has 0 amide bonds. The van der Waals surface area contributed by atoms with Crippen molar-refractivity contribution in [1.29, 1.82) is 0 Å². The Kier molecular flexibility index (Phi) is 2.50. The van der Waals surface area contributed by atoms with Gasteiger partial charge in [-0.15, -0.1) is 0 Å². The fourth-order valence-electron chi connectivity index (χ4n) is 1.21. The molecule has 0 bridgehead atoms. The van der Waals surface area contributed by atoms with E-state index in [4.69, 9.17) is 4.42 Å². The van der Waals surface area contributed by atoms with E-state index < -0.39 is 0 Å². The van der Waals surface area contributed by atoms with Crippen molar-refractivity contribution in [2.24, 2.45) is 0 Å². The van der Waals surface area contributed by atoms with Gasteiger partial charge in [0.15, 0.2) is 0 Å². The van der Waals surface area contributed by atoms with Crippen LogP contribution in [0.1, 0.15) is 0 Å². The lowest BCUT2D eigenvalue weighted by atomic mass is 10.1. The molecule has 0 aliphatic heterocycles. The molecule has 1 aromatic carbocycles. The van der Waals surface area contributed by atoms with E-state index in [1.54, 1.807) is 12.1 Å². The van der Waals surface area contributed by atoms with Crippen LogP contribution in [0.15, 0.2) is 56.3 Å². The molecule has 1 aromatic heterocycles. The minimum Gasteiger partial charge on any atom is -0.431 e. The molecule has 3 heteroatoms. The molecule has 0 atom stereocenters. The quantitative estimate of drug-likeness (QED) is 0.779. The van der Waals surface area contributed by atoms with E-state index in [0.29, 0.717) is 5.56 Å². The SMILES string of the molecule is O=c1occcc1-c1ccc(Br)cc1. The maximum atomic E-state index is 11.3.